The molecule has 3 heteroatoms. The molecular formula is C4H9NO2. The third kappa shape index (κ3) is 2.17. The highest BCUT2D eigenvalue weighted by atomic mass is 16.5. The second-order valence-electron chi connectivity index (χ2n) is 1.25. The highest BCUT2D eigenvalue weighted by Gasteiger charge is 2.03. The Morgan fingerprint density at radius 1 is 2.14 bits per heavy atom. The summed E-state index contributed by atoms with van der Waals surface area (Å²) in [7, 11) is -0.347. The van der Waals surface area contributed by atoms with Gasteiger partial charge in [0.15, 0.2) is 0 Å². The van der Waals surface area contributed by atoms with Gasteiger partial charge in [-0.25, -0.2) is 0 Å². The molecule has 42 valence electrons. The molecule has 0 saturated carbocycles. The summed E-state index contributed by atoms with van der Waals surface area (Å²) in [6.45, 7) is 1.51. The van der Waals surface area contributed by atoms with Gasteiger partial charge in [-0.2, -0.15) is 0 Å². The molecule has 0 radical (unpaired) electrons. The van der Waals surface area contributed by atoms with E-state index in [9.17, 15) is 4.79 Å². The quantitative estimate of drug-likeness (QED) is 0.456. The summed E-state index contributed by atoms with van der Waals surface area (Å²) in [6, 6.07) is -0.611. The molecule has 0 fully saturated rings. The number of ether oxygens (including phenoxy) is 1. The van der Waals surface area contributed by atoms with Gasteiger partial charge in [-0.15, -0.1) is 0 Å². The number of carbonyl (C=O) groups is 1. The lowest BCUT2D eigenvalue weighted by Crippen LogP contribution is -2.27. The van der Waals surface area contributed by atoms with Crippen LogP contribution in [0.5, 0.6) is 0 Å². The summed E-state index contributed by atoms with van der Waals surface area (Å²) in [5, 5.41) is 0. The third-order valence-corrected chi connectivity index (χ3v) is 0.514. The largest absolute Gasteiger partial charge is 0.468 e. The fraction of sp³-hybridized carbons (Fsp3) is 0.750. The molecule has 0 aliphatic carbocycles. The van der Waals surface area contributed by atoms with Gasteiger partial charge in [0.1, 0.15) is 6.04 Å². The lowest BCUT2D eigenvalue weighted by atomic mass is 10.4. The Hall–Kier alpha value is -0.570. The highest BCUT2D eigenvalue weighted by Crippen LogP contribution is 1.76. The first-order chi connectivity index (χ1) is 3.68. The molecule has 0 unspecified atom stereocenters. The van der Waals surface area contributed by atoms with E-state index < -0.39 is 12.0 Å². The first-order valence-corrected chi connectivity index (χ1v) is 1.90. The van der Waals surface area contributed by atoms with Crippen LogP contribution in [-0.2, 0) is 9.53 Å². The van der Waals surface area contributed by atoms with Crippen LogP contribution in [0.15, 0.2) is 0 Å². The summed E-state index contributed by atoms with van der Waals surface area (Å²) in [4.78, 5) is 10.3. The molecule has 0 amide bonds. The van der Waals surface area contributed by atoms with E-state index in [2.05, 4.69) is 4.74 Å². The van der Waals surface area contributed by atoms with Crippen LogP contribution in [0.25, 0.3) is 0 Å². The van der Waals surface area contributed by atoms with Crippen molar-refractivity contribution in [2.75, 3.05) is 7.09 Å². The molecule has 0 aromatic carbocycles. The normalized spacial score (nSPS) is 14.9. The zero-order valence-corrected chi connectivity index (χ0v) is 4.18. The first-order valence-electron chi connectivity index (χ1n) is 2.60. The molecular weight excluding hydrogens is 94.0 g/mol. The zero-order valence-electron chi connectivity index (χ0n) is 5.18. The molecule has 3 nitrogen and oxygen atoms in total. The van der Waals surface area contributed by atoms with Crippen molar-refractivity contribution in [2.45, 2.75) is 13.0 Å². The fourth-order valence-corrected chi connectivity index (χ4v) is 0.131. The van der Waals surface area contributed by atoms with E-state index in [1.54, 1.807) is 0 Å². The zero-order chi connectivity index (χ0) is 6.57. The molecule has 0 aromatic heterocycles. The van der Waals surface area contributed by atoms with Crippen LogP contribution in [0.3, 0.4) is 0 Å². The minimum Gasteiger partial charge on any atom is -0.468 e. The van der Waals surface area contributed by atoms with E-state index in [0.717, 1.165) is 0 Å². The molecule has 0 aliphatic rings. The van der Waals surface area contributed by atoms with Gasteiger partial charge >= 0.3 is 5.97 Å². The van der Waals surface area contributed by atoms with E-state index in [-0.39, 0.29) is 7.09 Å². The van der Waals surface area contributed by atoms with Gasteiger partial charge in [0, 0.05) is 0 Å². The van der Waals surface area contributed by atoms with Gasteiger partial charge in [0.25, 0.3) is 0 Å². The van der Waals surface area contributed by atoms with Gasteiger partial charge in [-0.05, 0) is 6.92 Å². The molecule has 0 aliphatic heterocycles. The number of esters is 1. The molecule has 0 rings (SSSR count). The lowest BCUT2D eigenvalue weighted by molar-refractivity contribution is -0.141. The summed E-state index contributed by atoms with van der Waals surface area (Å²) >= 11 is 0. The number of hydrogen-bond donors (Lipinski definition) is 1. The van der Waals surface area contributed by atoms with Gasteiger partial charge in [0.05, 0.1) is 8.46 Å². The minimum atomic E-state index is -0.611. The maximum Gasteiger partial charge on any atom is 0.322 e. The Bertz CT molecular complexity index is 84.1. The summed E-state index contributed by atoms with van der Waals surface area (Å²) in [6.07, 6.45) is 0. The van der Waals surface area contributed by atoms with Crippen LogP contribution in [0, 0.1) is 0 Å². The molecule has 0 spiro atoms. The summed E-state index contributed by atoms with van der Waals surface area (Å²) in [5.74, 6) is -0.528. The van der Waals surface area contributed by atoms with Crippen molar-refractivity contribution in [3.63, 3.8) is 0 Å². The Kier molecular flexibility index (Phi) is 1.69. The van der Waals surface area contributed by atoms with E-state index in [4.69, 9.17) is 7.10 Å². The van der Waals surface area contributed by atoms with Crippen molar-refractivity contribution in [1.29, 1.82) is 0 Å². The van der Waals surface area contributed by atoms with Crippen LogP contribution in [0.1, 0.15) is 8.29 Å². The van der Waals surface area contributed by atoms with Crippen molar-refractivity contribution in [1.82, 2.24) is 0 Å². The summed E-state index contributed by atoms with van der Waals surface area (Å²) < 4.78 is 10.6. The van der Waals surface area contributed by atoms with E-state index in [1.807, 2.05) is 0 Å². The minimum absolute atomic E-state index is 0.347. The van der Waals surface area contributed by atoms with Crippen LogP contribution < -0.4 is 5.73 Å². The van der Waals surface area contributed by atoms with E-state index in [0.29, 0.717) is 0 Å². The second-order valence-corrected chi connectivity index (χ2v) is 1.25. The van der Waals surface area contributed by atoms with Crippen molar-refractivity contribution < 1.29 is 10.9 Å². The molecule has 0 heterocycles. The monoisotopic (exact) mass is 104 g/mol. The molecule has 0 saturated heterocycles. The fourth-order valence-electron chi connectivity index (χ4n) is 0.131. The van der Waals surface area contributed by atoms with Crippen molar-refractivity contribution in [3.8, 4) is 0 Å². The van der Waals surface area contributed by atoms with Crippen molar-refractivity contribution >= 4 is 5.97 Å². The Morgan fingerprint density at radius 2 is 2.71 bits per heavy atom. The predicted molar refractivity (Wildman–Crippen MR) is 25.7 cm³/mol. The topological polar surface area (TPSA) is 52.3 Å². The maximum atomic E-state index is 10.3. The van der Waals surface area contributed by atoms with Crippen LogP contribution >= 0.6 is 0 Å². The Labute approximate surface area is 43.9 Å². The number of methoxy groups -OCH3 is 1. The van der Waals surface area contributed by atoms with E-state index >= 15 is 0 Å². The molecule has 2 N–H and O–H groups in total. The Balaban J connectivity index is 3.33. The van der Waals surface area contributed by atoms with Gasteiger partial charge < -0.3 is 10.5 Å². The summed E-state index contributed by atoms with van der Waals surface area (Å²) in [5.41, 5.74) is 5.06. The molecule has 7 heavy (non-hydrogen) atoms. The first kappa shape index (κ1) is 4.59. The van der Waals surface area contributed by atoms with Gasteiger partial charge in [0.2, 0.25) is 0 Å². The SMILES string of the molecule is [2H]COC(=O)[C@H](C)N. The lowest BCUT2D eigenvalue weighted by Gasteiger charge is -1.98. The number of carbonyl (C=O) groups excluding carboxylic acids is 1. The third-order valence-electron chi connectivity index (χ3n) is 0.514. The highest BCUT2D eigenvalue weighted by molar-refractivity contribution is 5.74. The maximum absolute atomic E-state index is 10.3. The van der Waals surface area contributed by atoms with Crippen LogP contribution in [0.2, 0.25) is 0 Å². The van der Waals surface area contributed by atoms with Crippen molar-refractivity contribution in [2.24, 2.45) is 5.73 Å². The standard InChI is InChI=1S/C4H9NO2/c1-3(5)4(6)7-2/h3H,5H2,1-2H3/t3-/m0/s1/i2D. The number of hydrogen-bond acceptors (Lipinski definition) is 3. The van der Waals surface area contributed by atoms with Crippen molar-refractivity contribution in [3.05, 3.63) is 0 Å². The smallest absolute Gasteiger partial charge is 0.322 e. The molecule has 0 bridgehead atoms. The molecule has 0 aromatic rings. The van der Waals surface area contributed by atoms with E-state index in [1.165, 1.54) is 6.92 Å². The van der Waals surface area contributed by atoms with Gasteiger partial charge in [-0.3, -0.25) is 4.79 Å². The van der Waals surface area contributed by atoms with Crippen LogP contribution in [0.4, 0.5) is 0 Å². The van der Waals surface area contributed by atoms with Crippen LogP contribution in [-0.4, -0.2) is 19.1 Å². The Morgan fingerprint density at radius 3 is 2.86 bits per heavy atom. The average Bonchev–Trinajstić information content (AvgIpc) is 1.67. The number of nitrogens with two attached hydrogens (primary N) is 1. The predicted octanol–water partition coefficient (Wildman–Crippen LogP) is -0.493. The number of rotatable bonds is 1. The average molecular weight is 104 g/mol. The van der Waals surface area contributed by atoms with Gasteiger partial charge in [-0.1, -0.05) is 0 Å². The molecule has 1 atom stereocenters. The second kappa shape index (κ2) is 2.58.